The van der Waals surface area contributed by atoms with E-state index in [9.17, 15) is 10.1 Å². The number of aryl methyl sites for hydroxylation is 1. The molecule has 3 aromatic heterocycles. The van der Waals surface area contributed by atoms with Crippen LogP contribution in [0.25, 0.3) is 5.52 Å². The van der Waals surface area contributed by atoms with Crippen LogP contribution in [0.3, 0.4) is 0 Å². The highest BCUT2D eigenvalue weighted by molar-refractivity contribution is 7.99. The monoisotopic (exact) mass is 328 g/mol. The van der Waals surface area contributed by atoms with Gasteiger partial charge in [-0.1, -0.05) is 17.8 Å². The predicted molar refractivity (Wildman–Crippen MR) is 86.1 cm³/mol. The van der Waals surface area contributed by atoms with Crippen LogP contribution in [0, 0.1) is 18.3 Å². The third-order valence-corrected chi connectivity index (χ3v) is 5.10. The lowest BCUT2D eigenvalue weighted by molar-refractivity contribution is -0.116. The molecule has 1 atom stereocenters. The minimum Gasteiger partial charge on any atom is -0.297 e. The first-order valence-corrected chi connectivity index (χ1v) is 8.45. The Kier molecular flexibility index (Phi) is 4.22. The van der Waals surface area contributed by atoms with Gasteiger partial charge in [0.25, 0.3) is 0 Å². The molecule has 0 aromatic carbocycles. The van der Waals surface area contributed by atoms with E-state index >= 15 is 0 Å². The molecule has 0 aliphatic heterocycles. The second-order valence-corrected chi connectivity index (χ2v) is 6.51. The summed E-state index contributed by atoms with van der Waals surface area (Å²) in [6, 6.07) is 7.86. The molecular formula is C15H12N4OS2. The van der Waals surface area contributed by atoms with E-state index in [1.54, 1.807) is 6.20 Å². The number of thioether (sulfide) groups is 1. The first-order chi connectivity index (χ1) is 10.7. The number of imidazole rings is 1. The standard InChI is InChI=1S/C15H12N4OS2/c1-10-8-21-14(18-10)12(6-16)13(20)9-22-15-17-7-11-4-2-3-5-19(11)15/h2-5,7-8,12H,9H2,1H3/t12-/m1/s1. The number of Topliss-reactive ketones (excluding diaryl/α,β-unsaturated/α-hetero) is 1. The van der Waals surface area contributed by atoms with Gasteiger partial charge in [-0.3, -0.25) is 9.20 Å². The van der Waals surface area contributed by atoms with Gasteiger partial charge in [0.2, 0.25) is 0 Å². The Morgan fingerprint density at radius 1 is 1.55 bits per heavy atom. The van der Waals surface area contributed by atoms with Gasteiger partial charge in [-0.15, -0.1) is 11.3 Å². The smallest absolute Gasteiger partial charge is 0.173 e. The topological polar surface area (TPSA) is 71.0 Å². The molecule has 0 N–H and O–H groups in total. The van der Waals surface area contributed by atoms with Gasteiger partial charge >= 0.3 is 0 Å². The lowest BCUT2D eigenvalue weighted by atomic mass is 10.1. The number of carbonyl (C=O) groups is 1. The molecule has 0 bridgehead atoms. The second-order valence-electron chi connectivity index (χ2n) is 4.68. The number of fused-ring (bicyclic) bond motifs is 1. The first-order valence-electron chi connectivity index (χ1n) is 6.58. The number of nitrogens with zero attached hydrogens (tertiary/aromatic N) is 4. The second kappa shape index (κ2) is 6.30. The number of aromatic nitrogens is 3. The summed E-state index contributed by atoms with van der Waals surface area (Å²) in [6.45, 7) is 1.85. The highest BCUT2D eigenvalue weighted by Gasteiger charge is 2.23. The lowest BCUT2D eigenvalue weighted by Gasteiger charge is -2.04. The van der Waals surface area contributed by atoms with Crippen LogP contribution in [0.5, 0.6) is 0 Å². The van der Waals surface area contributed by atoms with Crippen LogP contribution in [-0.4, -0.2) is 25.9 Å². The molecule has 3 heterocycles. The van der Waals surface area contributed by atoms with Gasteiger partial charge in [-0.2, -0.15) is 5.26 Å². The van der Waals surface area contributed by atoms with Crippen LogP contribution in [0.15, 0.2) is 41.1 Å². The van der Waals surface area contributed by atoms with Gasteiger partial charge < -0.3 is 0 Å². The van der Waals surface area contributed by atoms with Crippen molar-refractivity contribution in [3.05, 3.63) is 46.7 Å². The molecule has 0 saturated carbocycles. The SMILES string of the molecule is Cc1csc([C@H](C#N)C(=O)CSc2ncc3ccccn23)n1. The van der Waals surface area contributed by atoms with Crippen LogP contribution in [0.1, 0.15) is 16.6 Å². The summed E-state index contributed by atoms with van der Waals surface area (Å²) in [5, 5.41) is 12.4. The van der Waals surface area contributed by atoms with E-state index in [-0.39, 0.29) is 11.5 Å². The molecule has 7 heteroatoms. The average molecular weight is 328 g/mol. The number of hydrogen-bond donors (Lipinski definition) is 0. The molecular weight excluding hydrogens is 316 g/mol. The Balaban J connectivity index is 1.73. The van der Waals surface area contributed by atoms with Crippen molar-refractivity contribution < 1.29 is 4.79 Å². The summed E-state index contributed by atoms with van der Waals surface area (Å²) < 4.78 is 1.92. The Bertz CT molecular complexity index is 862. The quantitative estimate of drug-likeness (QED) is 0.673. The first kappa shape index (κ1) is 14.8. The van der Waals surface area contributed by atoms with Crippen LogP contribution >= 0.6 is 23.1 Å². The Morgan fingerprint density at radius 3 is 3.14 bits per heavy atom. The zero-order valence-electron chi connectivity index (χ0n) is 11.8. The number of rotatable bonds is 5. The van der Waals surface area contributed by atoms with Crippen molar-refractivity contribution in [2.45, 2.75) is 18.0 Å². The zero-order chi connectivity index (χ0) is 15.5. The Labute approximate surface area is 135 Å². The van der Waals surface area contributed by atoms with Gasteiger partial charge in [0.1, 0.15) is 5.01 Å². The van der Waals surface area contributed by atoms with E-state index in [0.717, 1.165) is 16.4 Å². The van der Waals surface area contributed by atoms with Crippen molar-refractivity contribution >= 4 is 34.4 Å². The highest BCUT2D eigenvalue weighted by Crippen LogP contribution is 2.24. The summed E-state index contributed by atoms with van der Waals surface area (Å²) in [7, 11) is 0. The fourth-order valence-electron chi connectivity index (χ4n) is 2.01. The van der Waals surface area contributed by atoms with Gasteiger partial charge in [-0.05, 0) is 19.1 Å². The van der Waals surface area contributed by atoms with E-state index < -0.39 is 5.92 Å². The Morgan fingerprint density at radius 2 is 2.41 bits per heavy atom. The minimum atomic E-state index is -0.794. The molecule has 3 rings (SSSR count). The lowest BCUT2D eigenvalue weighted by Crippen LogP contribution is -2.13. The largest absolute Gasteiger partial charge is 0.297 e. The summed E-state index contributed by atoms with van der Waals surface area (Å²) in [5.74, 6) is -0.739. The van der Waals surface area contributed by atoms with Crippen molar-refractivity contribution in [2.24, 2.45) is 0 Å². The van der Waals surface area contributed by atoms with Crippen molar-refractivity contribution in [2.75, 3.05) is 5.75 Å². The third kappa shape index (κ3) is 2.89. The van der Waals surface area contributed by atoms with Gasteiger partial charge in [0.15, 0.2) is 16.9 Å². The van der Waals surface area contributed by atoms with Gasteiger partial charge in [0.05, 0.1) is 23.5 Å². The summed E-state index contributed by atoms with van der Waals surface area (Å²) in [4.78, 5) is 20.9. The van der Waals surface area contributed by atoms with E-state index in [4.69, 9.17) is 0 Å². The molecule has 0 fully saturated rings. The zero-order valence-corrected chi connectivity index (χ0v) is 13.4. The fraction of sp³-hybridized carbons (Fsp3) is 0.200. The molecule has 0 aliphatic rings. The Hall–Kier alpha value is -2.17. The maximum atomic E-state index is 12.3. The molecule has 110 valence electrons. The summed E-state index contributed by atoms with van der Waals surface area (Å²) in [5.41, 5.74) is 1.81. The van der Waals surface area contributed by atoms with Gasteiger partial charge in [-0.25, -0.2) is 9.97 Å². The molecule has 0 saturated heterocycles. The van der Waals surface area contributed by atoms with E-state index in [0.29, 0.717) is 5.01 Å². The molecule has 0 spiro atoms. The number of nitriles is 1. The van der Waals surface area contributed by atoms with Gasteiger partial charge in [0, 0.05) is 17.3 Å². The normalized spacial score (nSPS) is 12.2. The number of hydrogen-bond acceptors (Lipinski definition) is 6. The maximum absolute atomic E-state index is 12.3. The van der Waals surface area contributed by atoms with Crippen LogP contribution < -0.4 is 0 Å². The summed E-state index contributed by atoms with van der Waals surface area (Å²) in [6.07, 6.45) is 3.67. The molecule has 22 heavy (non-hydrogen) atoms. The average Bonchev–Trinajstić information content (AvgIpc) is 3.12. The number of pyridine rings is 1. The van der Waals surface area contributed by atoms with Crippen molar-refractivity contribution in [1.82, 2.24) is 14.4 Å². The van der Waals surface area contributed by atoms with Crippen molar-refractivity contribution in [3.63, 3.8) is 0 Å². The van der Waals surface area contributed by atoms with E-state index in [1.807, 2.05) is 41.1 Å². The van der Waals surface area contributed by atoms with Crippen LogP contribution in [-0.2, 0) is 4.79 Å². The maximum Gasteiger partial charge on any atom is 0.173 e. The number of carbonyl (C=O) groups excluding carboxylic acids is 1. The molecule has 0 amide bonds. The molecule has 0 unspecified atom stereocenters. The molecule has 3 aromatic rings. The molecule has 0 aliphatic carbocycles. The number of ketones is 1. The van der Waals surface area contributed by atoms with Crippen molar-refractivity contribution in [1.29, 1.82) is 5.26 Å². The minimum absolute atomic E-state index is 0.144. The predicted octanol–water partition coefficient (Wildman–Crippen LogP) is 3.07. The van der Waals surface area contributed by atoms with Crippen molar-refractivity contribution in [3.8, 4) is 6.07 Å². The fourth-order valence-corrected chi connectivity index (χ4v) is 3.75. The highest BCUT2D eigenvalue weighted by atomic mass is 32.2. The van der Waals surface area contributed by atoms with Crippen LogP contribution in [0.2, 0.25) is 0 Å². The molecule has 5 nitrogen and oxygen atoms in total. The van der Waals surface area contributed by atoms with E-state index in [1.165, 1.54) is 23.1 Å². The number of thiazole rings is 1. The van der Waals surface area contributed by atoms with Crippen LogP contribution in [0.4, 0.5) is 0 Å². The van der Waals surface area contributed by atoms with E-state index in [2.05, 4.69) is 16.0 Å². The summed E-state index contributed by atoms with van der Waals surface area (Å²) >= 11 is 2.69. The third-order valence-electron chi connectivity index (χ3n) is 3.08. The molecule has 0 radical (unpaired) electrons.